The molecule has 4 aromatic carbocycles. The zero-order valence-corrected chi connectivity index (χ0v) is 14.8. The fraction of sp³-hybridized carbons (Fsp3) is 0.0909. The van der Waals surface area contributed by atoms with Crippen LogP contribution in [0.5, 0.6) is 11.5 Å². The Kier molecular flexibility index (Phi) is 4.85. The van der Waals surface area contributed by atoms with Gasteiger partial charge in [0.25, 0.3) is 0 Å². The molecule has 0 fully saturated rings. The molecule has 132 valence electrons. The Morgan fingerprint density at radius 2 is 1.23 bits per heavy atom. The van der Waals surface area contributed by atoms with Crippen molar-refractivity contribution in [2.45, 2.75) is 0 Å². The van der Waals surface area contributed by atoms with Crippen LogP contribution >= 0.6 is 0 Å². The predicted molar refractivity (Wildman–Crippen MR) is 110 cm³/mol. The van der Waals surface area contributed by atoms with Crippen LogP contribution < -0.4 is 10.6 Å². The second-order valence-electron chi connectivity index (χ2n) is 6.33. The van der Waals surface area contributed by atoms with Crippen molar-refractivity contribution >= 4 is 32.9 Å². The van der Waals surface area contributed by atoms with Crippen LogP contribution in [0.1, 0.15) is 0 Å². The summed E-state index contributed by atoms with van der Waals surface area (Å²) in [7, 11) is 4.03. The number of nitrogen functional groups attached to an aromatic ring is 1. The fourth-order valence-electron chi connectivity index (χ4n) is 2.94. The molecule has 0 aliphatic rings. The van der Waals surface area contributed by atoms with Crippen LogP contribution in [0.15, 0.2) is 72.8 Å². The first-order valence-electron chi connectivity index (χ1n) is 8.32. The molecule has 4 N–H and O–H groups in total. The number of fused-ring (bicyclic) bond motifs is 2. The smallest absolute Gasteiger partial charge is 0.116 e. The summed E-state index contributed by atoms with van der Waals surface area (Å²) in [5, 5.41) is 22.7. The van der Waals surface area contributed by atoms with Gasteiger partial charge in [0.15, 0.2) is 0 Å². The molecular formula is C22H22N2O2. The van der Waals surface area contributed by atoms with Crippen LogP contribution in [0.4, 0.5) is 11.4 Å². The van der Waals surface area contributed by atoms with Crippen molar-refractivity contribution in [3.8, 4) is 11.5 Å². The molecule has 4 nitrogen and oxygen atoms in total. The fourth-order valence-corrected chi connectivity index (χ4v) is 2.94. The van der Waals surface area contributed by atoms with E-state index in [0.29, 0.717) is 5.75 Å². The van der Waals surface area contributed by atoms with Crippen LogP contribution in [-0.2, 0) is 0 Å². The maximum Gasteiger partial charge on any atom is 0.116 e. The van der Waals surface area contributed by atoms with E-state index >= 15 is 0 Å². The van der Waals surface area contributed by atoms with Crippen molar-refractivity contribution in [3.63, 3.8) is 0 Å². The van der Waals surface area contributed by atoms with E-state index < -0.39 is 0 Å². The van der Waals surface area contributed by atoms with Crippen molar-refractivity contribution in [1.82, 2.24) is 0 Å². The Morgan fingerprint density at radius 1 is 0.692 bits per heavy atom. The molecule has 0 saturated heterocycles. The quantitative estimate of drug-likeness (QED) is 0.435. The molecule has 0 radical (unpaired) electrons. The van der Waals surface area contributed by atoms with Gasteiger partial charge in [-0.3, -0.25) is 0 Å². The SMILES string of the molecule is CN(C)c1cccc2cc(O)ccc12.Nc1cccc2cc(O)ccc12. The van der Waals surface area contributed by atoms with Crippen molar-refractivity contribution < 1.29 is 10.2 Å². The van der Waals surface area contributed by atoms with Crippen molar-refractivity contribution in [2.75, 3.05) is 24.7 Å². The lowest BCUT2D eigenvalue weighted by molar-refractivity contribution is 0.475. The number of nitrogens with zero attached hydrogens (tertiary/aromatic N) is 1. The van der Waals surface area contributed by atoms with E-state index in [1.54, 1.807) is 24.3 Å². The third-order valence-corrected chi connectivity index (χ3v) is 4.22. The second kappa shape index (κ2) is 7.23. The zero-order chi connectivity index (χ0) is 18.7. The molecule has 0 heterocycles. The summed E-state index contributed by atoms with van der Waals surface area (Å²) in [5.41, 5.74) is 7.64. The van der Waals surface area contributed by atoms with Gasteiger partial charge in [0.05, 0.1) is 0 Å². The molecule has 4 aromatic rings. The Hall–Kier alpha value is -3.40. The third kappa shape index (κ3) is 3.64. The number of anilines is 2. The first kappa shape index (κ1) is 17.4. The summed E-state index contributed by atoms with van der Waals surface area (Å²) >= 11 is 0. The van der Waals surface area contributed by atoms with Gasteiger partial charge in [-0.1, -0.05) is 24.3 Å². The Labute approximate surface area is 152 Å². The number of phenolic OH excluding ortho intramolecular Hbond substituents is 2. The van der Waals surface area contributed by atoms with Gasteiger partial charge < -0.3 is 20.8 Å². The van der Waals surface area contributed by atoms with Gasteiger partial charge in [-0.25, -0.2) is 0 Å². The molecular weight excluding hydrogens is 324 g/mol. The van der Waals surface area contributed by atoms with Crippen molar-refractivity contribution in [2.24, 2.45) is 0 Å². The minimum atomic E-state index is 0.271. The van der Waals surface area contributed by atoms with Gasteiger partial charge >= 0.3 is 0 Å². The van der Waals surface area contributed by atoms with Crippen LogP contribution in [0.25, 0.3) is 21.5 Å². The average molecular weight is 346 g/mol. The van der Waals surface area contributed by atoms with E-state index in [2.05, 4.69) is 11.0 Å². The van der Waals surface area contributed by atoms with Gasteiger partial charge in [-0.15, -0.1) is 0 Å². The molecule has 0 saturated carbocycles. The molecule has 0 amide bonds. The topological polar surface area (TPSA) is 69.7 Å². The molecule has 4 rings (SSSR count). The number of phenols is 2. The summed E-state index contributed by atoms with van der Waals surface area (Å²) < 4.78 is 0. The van der Waals surface area contributed by atoms with Crippen molar-refractivity contribution in [3.05, 3.63) is 72.8 Å². The van der Waals surface area contributed by atoms with Crippen LogP contribution in [0.3, 0.4) is 0 Å². The largest absolute Gasteiger partial charge is 0.508 e. The first-order chi connectivity index (χ1) is 12.5. The minimum absolute atomic E-state index is 0.271. The van der Waals surface area contributed by atoms with Crippen LogP contribution in [-0.4, -0.2) is 24.3 Å². The van der Waals surface area contributed by atoms with Crippen LogP contribution in [0.2, 0.25) is 0 Å². The number of hydrogen-bond acceptors (Lipinski definition) is 4. The predicted octanol–water partition coefficient (Wildman–Crippen LogP) is 4.74. The van der Waals surface area contributed by atoms with E-state index in [9.17, 15) is 10.2 Å². The molecule has 4 heteroatoms. The second-order valence-corrected chi connectivity index (χ2v) is 6.33. The van der Waals surface area contributed by atoms with E-state index in [-0.39, 0.29) is 5.75 Å². The lowest BCUT2D eigenvalue weighted by atomic mass is 10.1. The number of aromatic hydroxyl groups is 2. The highest BCUT2D eigenvalue weighted by atomic mass is 16.3. The Morgan fingerprint density at radius 3 is 1.85 bits per heavy atom. The number of rotatable bonds is 1. The Balaban J connectivity index is 0.000000152. The van der Waals surface area contributed by atoms with Gasteiger partial charge in [-0.05, 0) is 59.3 Å². The molecule has 0 unspecified atom stereocenters. The lowest BCUT2D eigenvalue weighted by Crippen LogP contribution is -2.08. The average Bonchev–Trinajstić information content (AvgIpc) is 2.61. The van der Waals surface area contributed by atoms with Gasteiger partial charge in [-0.2, -0.15) is 0 Å². The molecule has 26 heavy (non-hydrogen) atoms. The number of hydrogen-bond donors (Lipinski definition) is 3. The van der Waals surface area contributed by atoms with E-state index in [1.807, 2.05) is 56.6 Å². The molecule has 0 atom stereocenters. The molecule has 0 aliphatic carbocycles. The Bertz CT molecular complexity index is 1060. The number of nitrogens with two attached hydrogens (primary N) is 1. The highest BCUT2D eigenvalue weighted by molar-refractivity contribution is 5.95. The summed E-state index contributed by atoms with van der Waals surface area (Å²) in [6, 6.07) is 22.3. The highest BCUT2D eigenvalue weighted by Crippen LogP contribution is 2.28. The summed E-state index contributed by atoms with van der Waals surface area (Å²) in [6.45, 7) is 0. The molecule has 0 bridgehead atoms. The molecule has 0 spiro atoms. The summed E-state index contributed by atoms with van der Waals surface area (Å²) in [5.74, 6) is 0.585. The maximum atomic E-state index is 9.35. The van der Waals surface area contributed by atoms with Gasteiger partial charge in [0.1, 0.15) is 11.5 Å². The zero-order valence-electron chi connectivity index (χ0n) is 14.8. The third-order valence-electron chi connectivity index (χ3n) is 4.22. The minimum Gasteiger partial charge on any atom is -0.508 e. The molecule has 0 aliphatic heterocycles. The van der Waals surface area contributed by atoms with Gasteiger partial charge in [0, 0.05) is 36.2 Å². The monoisotopic (exact) mass is 346 g/mol. The first-order valence-corrected chi connectivity index (χ1v) is 8.32. The highest BCUT2D eigenvalue weighted by Gasteiger charge is 2.02. The van der Waals surface area contributed by atoms with E-state index in [1.165, 1.54) is 5.69 Å². The van der Waals surface area contributed by atoms with Crippen molar-refractivity contribution in [1.29, 1.82) is 0 Å². The standard InChI is InChI=1S/C12H13NO.C10H9NO/c1-13(2)12-5-3-4-9-8-10(14)6-7-11(9)12;11-10-3-1-2-7-6-8(12)4-5-9(7)10/h3-8,14H,1-2H3;1-6,12H,11H2. The lowest BCUT2D eigenvalue weighted by Gasteiger charge is -2.15. The summed E-state index contributed by atoms with van der Waals surface area (Å²) in [4.78, 5) is 2.07. The summed E-state index contributed by atoms with van der Waals surface area (Å²) in [6.07, 6.45) is 0. The van der Waals surface area contributed by atoms with E-state index in [4.69, 9.17) is 5.73 Å². The maximum absolute atomic E-state index is 9.35. The van der Waals surface area contributed by atoms with Gasteiger partial charge in [0.2, 0.25) is 0 Å². The molecule has 0 aromatic heterocycles. The van der Waals surface area contributed by atoms with Crippen LogP contribution in [0, 0.1) is 0 Å². The number of benzene rings is 4. The normalized spacial score (nSPS) is 10.4. The van der Waals surface area contributed by atoms with E-state index in [0.717, 1.165) is 27.2 Å².